The fourth-order valence-electron chi connectivity index (χ4n) is 3.56. The van der Waals surface area contributed by atoms with Gasteiger partial charge in [-0.3, -0.25) is 9.78 Å². The number of amides is 1. The third-order valence-corrected chi connectivity index (χ3v) is 5.05. The second-order valence-corrected chi connectivity index (χ2v) is 6.89. The summed E-state index contributed by atoms with van der Waals surface area (Å²) in [6, 6.07) is 11.6. The van der Waals surface area contributed by atoms with E-state index in [2.05, 4.69) is 4.98 Å². The van der Waals surface area contributed by atoms with E-state index in [9.17, 15) is 23.1 Å². The van der Waals surface area contributed by atoms with Crippen molar-refractivity contribution >= 4 is 22.5 Å². The van der Waals surface area contributed by atoms with Gasteiger partial charge < -0.3 is 14.9 Å². The van der Waals surface area contributed by atoms with Crippen molar-refractivity contribution in [1.29, 1.82) is 0 Å². The number of phenolic OH excluding ortho intramolecular Hbond substituents is 1. The second kappa shape index (κ2) is 7.27. The first-order valence-electron chi connectivity index (χ1n) is 9.12. The molecule has 0 radical (unpaired) electrons. The van der Waals surface area contributed by atoms with E-state index in [0.29, 0.717) is 37.1 Å². The van der Waals surface area contributed by atoms with Crippen molar-refractivity contribution in [2.75, 3.05) is 31.1 Å². The van der Waals surface area contributed by atoms with Gasteiger partial charge in [0.15, 0.2) is 0 Å². The summed E-state index contributed by atoms with van der Waals surface area (Å²) in [7, 11) is 0. The number of nitrogens with zero attached hydrogens (tertiary/aromatic N) is 3. The Bertz CT molecular complexity index is 1060. The number of pyridine rings is 1. The first kappa shape index (κ1) is 19.0. The number of piperazine rings is 1. The van der Waals surface area contributed by atoms with Crippen molar-refractivity contribution in [3.8, 4) is 5.75 Å². The zero-order valence-electron chi connectivity index (χ0n) is 15.4. The number of aromatic hydroxyl groups is 1. The van der Waals surface area contributed by atoms with Gasteiger partial charge in [0.05, 0.1) is 11.1 Å². The minimum absolute atomic E-state index is 0.0379. The monoisotopic (exact) mass is 401 g/mol. The molecular formula is C21H18F3N3O2. The highest BCUT2D eigenvalue weighted by molar-refractivity contribution is 5.95. The van der Waals surface area contributed by atoms with Crippen LogP contribution in [-0.4, -0.2) is 47.1 Å². The number of rotatable bonds is 2. The smallest absolute Gasteiger partial charge is 0.416 e. The van der Waals surface area contributed by atoms with E-state index in [1.807, 2.05) is 4.90 Å². The highest BCUT2D eigenvalue weighted by atomic mass is 19.4. The predicted octanol–water partition coefficient (Wildman–Crippen LogP) is 3.92. The van der Waals surface area contributed by atoms with E-state index in [0.717, 1.165) is 17.8 Å². The molecule has 1 aliphatic rings. The molecule has 1 saturated heterocycles. The van der Waals surface area contributed by atoms with Gasteiger partial charge in [0.25, 0.3) is 5.91 Å². The van der Waals surface area contributed by atoms with Crippen molar-refractivity contribution in [3.63, 3.8) is 0 Å². The average molecular weight is 401 g/mol. The standard InChI is InChI=1S/C21H18F3N3O2/c22-21(23,24)15-4-5-17-18(13-15)25-7-6-19(17)26-8-10-27(11-9-26)20(29)14-2-1-3-16(28)12-14/h1-7,12-13,28H,8-11H2. The SMILES string of the molecule is O=C(c1cccc(O)c1)N1CCN(c2ccnc3cc(C(F)(F)F)ccc23)CC1. The molecule has 1 N–H and O–H groups in total. The number of fused-ring (bicyclic) bond motifs is 1. The summed E-state index contributed by atoms with van der Waals surface area (Å²) >= 11 is 0. The molecule has 0 spiro atoms. The summed E-state index contributed by atoms with van der Waals surface area (Å²) in [4.78, 5) is 20.5. The van der Waals surface area contributed by atoms with E-state index in [-0.39, 0.29) is 17.2 Å². The third-order valence-electron chi connectivity index (χ3n) is 5.05. The van der Waals surface area contributed by atoms with Crippen LogP contribution >= 0.6 is 0 Å². The Morgan fingerprint density at radius 2 is 1.76 bits per heavy atom. The highest BCUT2D eigenvalue weighted by Crippen LogP contribution is 2.33. The molecule has 0 saturated carbocycles. The predicted molar refractivity (Wildman–Crippen MR) is 103 cm³/mol. The van der Waals surface area contributed by atoms with E-state index in [4.69, 9.17) is 0 Å². The molecule has 4 rings (SSSR count). The summed E-state index contributed by atoms with van der Waals surface area (Å²) in [5.41, 5.74) is 0.785. The molecule has 2 aromatic carbocycles. The Morgan fingerprint density at radius 1 is 1.00 bits per heavy atom. The minimum atomic E-state index is -4.41. The van der Waals surface area contributed by atoms with Gasteiger partial charge in [-0.15, -0.1) is 0 Å². The van der Waals surface area contributed by atoms with Gasteiger partial charge in [0, 0.05) is 49.0 Å². The van der Waals surface area contributed by atoms with E-state index in [1.165, 1.54) is 24.4 Å². The van der Waals surface area contributed by atoms with Gasteiger partial charge in [0.1, 0.15) is 5.75 Å². The van der Waals surface area contributed by atoms with Crippen LogP contribution in [0.3, 0.4) is 0 Å². The Morgan fingerprint density at radius 3 is 2.45 bits per heavy atom. The van der Waals surface area contributed by atoms with Crippen LogP contribution in [0.4, 0.5) is 18.9 Å². The average Bonchev–Trinajstić information content (AvgIpc) is 2.72. The maximum absolute atomic E-state index is 13.0. The molecule has 1 aliphatic heterocycles. The molecule has 0 bridgehead atoms. The van der Waals surface area contributed by atoms with E-state index < -0.39 is 11.7 Å². The molecule has 0 atom stereocenters. The van der Waals surface area contributed by atoms with E-state index >= 15 is 0 Å². The summed E-state index contributed by atoms with van der Waals surface area (Å²) in [6.07, 6.45) is -2.91. The van der Waals surface area contributed by atoms with Crippen molar-refractivity contribution in [3.05, 3.63) is 65.9 Å². The molecule has 0 unspecified atom stereocenters. The summed E-state index contributed by atoms with van der Waals surface area (Å²) < 4.78 is 38.9. The number of alkyl halides is 3. The van der Waals surface area contributed by atoms with Gasteiger partial charge in [-0.2, -0.15) is 13.2 Å². The fraction of sp³-hybridized carbons (Fsp3) is 0.238. The summed E-state index contributed by atoms with van der Waals surface area (Å²) in [5, 5.41) is 10.2. The highest BCUT2D eigenvalue weighted by Gasteiger charge is 2.31. The lowest BCUT2D eigenvalue weighted by Crippen LogP contribution is -2.48. The lowest BCUT2D eigenvalue weighted by molar-refractivity contribution is -0.137. The van der Waals surface area contributed by atoms with Gasteiger partial charge in [-0.25, -0.2) is 0 Å². The molecule has 150 valence electrons. The summed E-state index contributed by atoms with van der Waals surface area (Å²) in [5.74, 6) is -0.120. The number of phenols is 1. The third kappa shape index (κ3) is 3.83. The maximum atomic E-state index is 13.0. The topological polar surface area (TPSA) is 56.7 Å². The van der Waals surface area contributed by atoms with Gasteiger partial charge in [-0.1, -0.05) is 12.1 Å². The van der Waals surface area contributed by atoms with Crippen molar-refractivity contribution in [2.45, 2.75) is 6.18 Å². The Labute approximate surface area is 165 Å². The van der Waals surface area contributed by atoms with Crippen LogP contribution in [0.15, 0.2) is 54.7 Å². The first-order valence-corrected chi connectivity index (χ1v) is 9.12. The number of aromatic nitrogens is 1. The number of halogens is 3. The van der Waals surface area contributed by atoms with Gasteiger partial charge in [-0.05, 0) is 36.4 Å². The van der Waals surface area contributed by atoms with Crippen LogP contribution in [0.25, 0.3) is 10.9 Å². The Hall–Kier alpha value is -3.29. The molecule has 3 aromatic rings. The molecule has 1 aromatic heterocycles. The van der Waals surface area contributed by atoms with Crippen LogP contribution in [0, 0.1) is 0 Å². The summed E-state index contributed by atoms with van der Waals surface area (Å²) in [6.45, 7) is 2.03. The number of anilines is 1. The van der Waals surface area contributed by atoms with Crippen molar-refractivity contribution < 1.29 is 23.1 Å². The number of carbonyl (C=O) groups excluding carboxylic acids is 1. The molecule has 2 heterocycles. The normalized spacial score (nSPS) is 15.0. The number of carbonyl (C=O) groups is 1. The van der Waals surface area contributed by atoms with Crippen molar-refractivity contribution in [1.82, 2.24) is 9.88 Å². The molecule has 1 amide bonds. The van der Waals surface area contributed by atoms with Crippen LogP contribution < -0.4 is 4.90 Å². The minimum Gasteiger partial charge on any atom is -0.508 e. The van der Waals surface area contributed by atoms with Gasteiger partial charge >= 0.3 is 6.18 Å². The second-order valence-electron chi connectivity index (χ2n) is 6.89. The lowest BCUT2D eigenvalue weighted by Gasteiger charge is -2.36. The molecule has 1 fully saturated rings. The molecule has 8 heteroatoms. The maximum Gasteiger partial charge on any atom is 0.416 e. The lowest BCUT2D eigenvalue weighted by atomic mass is 10.1. The molecule has 0 aliphatic carbocycles. The molecule has 5 nitrogen and oxygen atoms in total. The first-order chi connectivity index (χ1) is 13.8. The number of hydrogen-bond acceptors (Lipinski definition) is 4. The Balaban J connectivity index is 1.52. The van der Waals surface area contributed by atoms with Crippen LogP contribution in [0.5, 0.6) is 5.75 Å². The molecule has 29 heavy (non-hydrogen) atoms. The van der Waals surface area contributed by atoms with Crippen molar-refractivity contribution in [2.24, 2.45) is 0 Å². The Kier molecular flexibility index (Phi) is 4.77. The van der Waals surface area contributed by atoms with E-state index in [1.54, 1.807) is 23.1 Å². The van der Waals surface area contributed by atoms with Crippen LogP contribution in [-0.2, 0) is 6.18 Å². The number of hydrogen-bond donors (Lipinski definition) is 1. The van der Waals surface area contributed by atoms with Crippen LogP contribution in [0.1, 0.15) is 15.9 Å². The largest absolute Gasteiger partial charge is 0.508 e. The zero-order chi connectivity index (χ0) is 20.6. The zero-order valence-corrected chi connectivity index (χ0v) is 15.4. The number of benzene rings is 2. The quantitative estimate of drug-likeness (QED) is 0.707. The van der Waals surface area contributed by atoms with Crippen LogP contribution in [0.2, 0.25) is 0 Å². The molecular weight excluding hydrogens is 383 g/mol. The fourth-order valence-corrected chi connectivity index (χ4v) is 3.56. The van der Waals surface area contributed by atoms with Gasteiger partial charge in [0.2, 0.25) is 0 Å².